The maximum atomic E-state index is 13.3. The Morgan fingerprint density at radius 1 is 1.40 bits per heavy atom. The van der Waals surface area contributed by atoms with Crippen molar-refractivity contribution in [3.63, 3.8) is 0 Å². The first-order chi connectivity index (χ1) is 9.67. The molecule has 0 saturated carbocycles. The summed E-state index contributed by atoms with van der Waals surface area (Å²) in [6.45, 7) is 2.12. The lowest BCUT2D eigenvalue weighted by Crippen LogP contribution is -2.54. The van der Waals surface area contributed by atoms with E-state index in [1.54, 1.807) is 0 Å². The van der Waals surface area contributed by atoms with Gasteiger partial charge in [0.2, 0.25) is 5.91 Å². The zero-order valence-corrected chi connectivity index (χ0v) is 11.4. The number of halogens is 1. The fourth-order valence-electron chi connectivity index (χ4n) is 3.36. The van der Waals surface area contributed by atoms with E-state index in [1.165, 1.54) is 12.1 Å². The molecule has 2 fully saturated rings. The van der Waals surface area contributed by atoms with Gasteiger partial charge in [-0.2, -0.15) is 0 Å². The number of amides is 1. The van der Waals surface area contributed by atoms with Crippen LogP contribution in [0.1, 0.15) is 24.8 Å². The molecule has 0 radical (unpaired) electrons. The molecule has 2 aliphatic heterocycles. The summed E-state index contributed by atoms with van der Waals surface area (Å²) in [5.74, 6) is 0.412. The van der Waals surface area contributed by atoms with Crippen molar-refractivity contribution in [3.8, 4) is 0 Å². The van der Waals surface area contributed by atoms with E-state index in [2.05, 4.69) is 10.2 Å². The average molecular weight is 277 g/mol. The first kappa shape index (κ1) is 13.4. The molecule has 2 unspecified atom stereocenters. The van der Waals surface area contributed by atoms with Crippen LogP contribution in [0.25, 0.3) is 0 Å². The van der Waals surface area contributed by atoms with Crippen LogP contribution in [-0.2, 0) is 11.3 Å². The fourth-order valence-corrected chi connectivity index (χ4v) is 3.36. The maximum Gasteiger partial charge on any atom is 0.220 e. The van der Waals surface area contributed by atoms with Gasteiger partial charge in [0.15, 0.2) is 0 Å². The number of carbonyl (C=O) groups excluding carboxylic acids is 1. The molecular weight excluding hydrogens is 257 g/mol. The lowest BCUT2D eigenvalue weighted by atomic mass is 9.85. The van der Waals surface area contributed by atoms with Crippen LogP contribution < -0.4 is 16.0 Å². The molecule has 0 aromatic heterocycles. The third kappa shape index (κ3) is 2.50. The molecule has 1 aromatic carbocycles. The number of anilines is 1. The Morgan fingerprint density at radius 2 is 2.25 bits per heavy atom. The summed E-state index contributed by atoms with van der Waals surface area (Å²) in [6, 6.07) is 5.13. The number of piperidine rings is 2. The highest BCUT2D eigenvalue weighted by molar-refractivity contribution is 5.77. The van der Waals surface area contributed by atoms with E-state index < -0.39 is 0 Å². The topological polar surface area (TPSA) is 58.4 Å². The summed E-state index contributed by atoms with van der Waals surface area (Å²) >= 11 is 0. The van der Waals surface area contributed by atoms with Crippen molar-refractivity contribution >= 4 is 11.6 Å². The predicted molar refractivity (Wildman–Crippen MR) is 75.8 cm³/mol. The highest BCUT2D eigenvalue weighted by Gasteiger charge is 2.34. The van der Waals surface area contributed by atoms with Crippen LogP contribution in [-0.4, -0.2) is 25.0 Å². The Morgan fingerprint density at radius 3 is 3.05 bits per heavy atom. The van der Waals surface area contributed by atoms with Crippen molar-refractivity contribution in [2.75, 3.05) is 18.0 Å². The number of hydrogen-bond donors (Lipinski definition) is 2. The van der Waals surface area contributed by atoms with Crippen LogP contribution in [0.15, 0.2) is 18.2 Å². The first-order valence-electron chi connectivity index (χ1n) is 7.20. The van der Waals surface area contributed by atoms with Gasteiger partial charge in [-0.05, 0) is 42.5 Å². The molecule has 108 valence electrons. The second-order valence-corrected chi connectivity index (χ2v) is 5.68. The molecule has 0 spiro atoms. The van der Waals surface area contributed by atoms with Gasteiger partial charge in [-0.25, -0.2) is 4.39 Å². The molecule has 2 atom stereocenters. The van der Waals surface area contributed by atoms with Crippen molar-refractivity contribution in [1.29, 1.82) is 0 Å². The highest BCUT2D eigenvalue weighted by atomic mass is 19.1. The Kier molecular flexibility index (Phi) is 3.61. The van der Waals surface area contributed by atoms with E-state index in [9.17, 15) is 9.18 Å². The number of fused-ring (bicyclic) bond motifs is 1. The number of nitrogens with two attached hydrogens (primary N) is 1. The van der Waals surface area contributed by atoms with Gasteiger partial charge in [-0.15, -0.1) is 0 Å². The summed E-state index contributed by atoms with van der Waals surface area (Å²) in [4.78, 5) is 13.7. The smallest absolute Gasteiger partial charge is 0.220 e. The fraction of sp³-hybridized carbons (Fsp3) is 0.533. The third-order valence-electron chi connectivity index (χ3n) is 4.42. The van der Waals surface area contributed by atoms with E-state index in [0.717, 1.165) is 37.2 Å². The summed E-state index contributed by atoms with van der Waals surface area (Å²) in [7, 11) is 0. The number of nitrogens with zero attached hydrogens (tertiary/aromatic N) is 1. The molecule has 20 heavy (non-hydrogen) atoms. The van der Waals surface area contributed by atoms with Gasteiger partial charge in [0, 0.05) is 37.8 Å². The first-order valence-corrected chi connectivity index (χ1v) is 7.20. The Hall–Kier alpha value is -1.62. The van der Waals surface area contributed by atoms with Crippen molar-refractivity contribution in [2.24, 2.45) is 11.7 Å². The van der Waals surface area contributed by atoms with Crippen molar-refractivity contribution in [3.05, 3.63) is 29.6 Å². The third-order valence-corrected chi connectivity index (χ3v) is 4.42. The van der Waals surface area contributed by atoms with Crippen molar-refractivity contribution in [1.82, 2.24) is 5.32 Å². The van der Waals surface area contributed by atoms with Gasteiger partial charge in [-0.3, -0.25) is 4.79 Å². The normalized spacial score (nSPS) is 26.1. The van der Waals surface area contributed by atoms with E-state index in [0.29, 0.717) is 24.9 Å². The summed E-state index contributed by atoms with van der Waals surface area (Å²) in [6.07, 6.45) is 2.49. The predicted octanol–water partition coefficient (Wildman–Crippen LogP) is 1.39. The quantitative estimate of drug-likeness (QED) is 0.859. The average Bonchev–Trinajstić information content (AvgIpc) is 2.46. The minimum absolute atomic E-state index is 0.170. The van der Waals surface area contributed by atoms with E-state index in [1.807, 2.05) is 6.07 Å². The molecule has 0 aliphatic carbocycles. The Labute approximate surface area is 118 Å². The molecule has 3 rings (SSSR count). The Balaban J connectivity index is 1.78. The number of hydrogen-bond acceptors (Lipinski definition) is 3. The second kappa shape index (κ2) is 5.40. The van der Waals surface area contributed by atoms with Crippen molar-refractivity contribution < 1.29 is 9.18 Å². The molecule has 3 N–H and O–H groups in total. The largest absolute Gasteiger partial charge is 0.371 e. The lowest BCUT2D eigenvalue weighted by Gasteiger charge is -2.43. The van der Waals surface area contributed by atoms with Crippen LogP contribution >= 0.6 is 0 Å². The van der Waals surface area contributed by atoms with Gasteiger partial charge in [0.05, 0.1) is 0 Å². The van der Waals surface area contributed by atoms with Gasteiger partial charge >= 0.3 is 0 Å². The van der Waals surface area contributed by atoms with Gasteiger partial charge in [0.25, 0.3) is 0 Å². The second-order valence-electron chi connectivity index (χ2n) is 5.68. The molecule has 2 aliphatic rings. The summed E-state index contributed by atoms with van der Waals surface area (Å²) in [5.41, 5.74) is 7.61. The van der Waals surface area contributed by atoms with Crippen LogP contribution in [0.5, 0.6) is 0 Å². The van der Waals surface area contributed by atoms with Crippen LogP contribution in [0.2, 0.25) is 0 Å². The molecule has 1 amide bonds. The molecular formula is C15H20FN3O. The Bertz CT molecular complexity index is 520. The molecule has 1 aromatic rings. The zero-order valence-electron chi connectivity index (χ0n) is 11.4. The number of nitrogens with one attached hydrogen (secondary N) is 1. The number of rotatable bonds is 2. The molecule has 2 heterocycles. The van der Waals surface area contributed by atoms with E-state index in [4.69, 9.17) is 5.73 Å². The summed E-state index contributed by atoms with van der Waals surface area (Å²) < 4.78 is 13.3. The van der Waals surface area contributed by atoms with Gasteiger partial charge in [0.1, 0.15) is 5.82 Å². The zero-order chi connectivity index (χ0) is 14.1. The SMILES string of the molecule is NCc1cc(F)ccc1N1CCC2NC(=O)CCC2C1. The van der Waals surface area contributed by atoms with E-state index in [-0.39, 0.29) is 11.7 Å². The number of benzene rings is 1. The van der Waals surface area contributed by atoms with E-state index >= 15 is 0 Å². The van der Waals surface area contributed by atoms with Gasteiger partial charge in [-0.1, -0.05) is 0 Å². The lowest BCUT2D eigenvalue weighted by molar-refractivity contribution is -0.124. The summed E-state index contributed by atoms with van der Waals surface area (Å²) in [5, 5.41) is 3.08. The van der Waals surface area contributed by atoms with Crippen LogP contribution in [0, 0.1) is 11.7 Å². The van der Waals surface area contributed by atoms with Crippen LogP contribution in [0.3, 0.4) is 0 Å². The molecule has 0 bridgehead atoms. The standard InChI is InChI=1S/C15H20FN3O/c16-12-2-3-14(11(7-12)8-17)19-6-5-13-10(9-19)1-4-15(20)18-13/h2-3,7,10,13H,1,4-6,8-9,17H2,(H,18,20). The molecule has 4 nitrogen and oxygen atoms in total. The molecule has 5 heteroatoms. The highest BCUT2D eigenvalue weighted by Crippen LogP contribution is 2.30. The van der Waals surface area contributed by atoms with Crippen molar-refractivity contribution in [2.45, 2.75) is 31.8 Å². The van der Waals surface area contributed by atoms with Crippen LogP contribution in [0.4, 0.5) is 10.1 Å². The minimum atomic E-state index is -0.242. The van der Waals surface area contributed by atoms with Gasteiger partial charge < -0.3 is 16.0 Å². The minimum Gasteiger partial charge on any atom is -0.371 e. The maximum absolute atomic E-state index is 13.3. The number of carbonyl (C=O) groups is 1. The molecule has 2 saturated heterocycles. The monoisotopic (exact) mass is 277 g/mol.